The van der Waals surface area contributed by atoms with E-state index >= 15 is 0 Å². The Labute approximate surface area is 197 Å². The predicted octanol–water partition coefficient (Wildman–Crippen LogP) is 2.81. The van der Waals surface area contributed by atoms with Crippen LogP contribution in [0, 0.1) is 13.8 Å². The van der Waals surface area contributed by atoms with Gasteiger partial charge in [-0.1, -0.05) is 0 Å². The van der Waals surface area contributed by atoms with Gasteiger partial charge in [-0.15, -0.1) is 24.8 Å². The summed E-state index contributed by atoms with van der Waals surface area (Å²) >= 11 is 0. The Morgan fingerprint density at radius 2 is 1.84 bits per heavy atom. The van der Waals surface area contributed by atoms with Crippen molar-refractivity contribution >= 4 is 41.8 Å². The Morgan fingerprint density at radius 3 is 2.62 bits per heavy atom. The lowest BCUT2D eigenvalue weighted by molar-refractivity contribution is 0.442. The molecule has 1 saturated carbocycles. The van der Waals surface area contributed by atoms with Crippen LogP contribution in [0.1, 0.15) is 24.1 Å². The molecule has 0 bridgehead atoms. The number of nitrogens with one attached hydrogen (secondary N) is 1. The molecule has 2 fully saturated rings. The minimum Gasteiger partial charge on any atom is -0.367 e. The van der Waals surface area contributed by atoms with Crippen LogP contribution < -0.4 is 15.8 Å². The molecule has 4 aromatic rings. The van der Waals surface area contributed by atoms with E-state index in [1.807, 2.05) is 38.4 Å². The molecular formula is C22H25Cl2N7O. The van der Waals surface area contributed by atoms with Crippen molar-refractivity contribution in [2.75, 3.05) is 24.5 Å². The van der Waals surface area contributed by atoms with Gasteiger partial charge in [0.2, 0.25) is 0 Å². The lowest BCUT2D eigenvalue weighted by Gasteiger charge is -2.35. The summed E-state index contributed by atoms with van der Waals surface area (Å²) in [5.74, 6) is 0. The minimum absolute atomic E-state index is 0. The highest BCUT2D eigenvalue weighted by Crippen LogP contribution is 2.38. The average molecular weight is 474 g/mol. The number of imidazole rings is 1. The zero-order valence-corrected chi connectivity index (χ0v) is 19.5. The number of aryl methyl sites for hydroxylation is 2. The van der Waals surface area contributed by atoms with Crippen molar-refractivity contribution < 1.29 is 0 Å². The molecule has 0 aromatic carbocycles. The highest BCUT2D eigenvalue weighted by molar-refractivity contribution is 5.85. The van der Waals surface area contributed by atoms with Gasteiger partial charge in [-0.05, 0) is 50.5 Å². The fraction of sp³-hybridized carbons (Fsp3) is 0.364. The van der Waals surface area contributed by atoms with Crippen molar-refractivity contribution in [3.63, 3.8) is 0 Å². The first-order valence-electron chi connectivity index (χ1n) is 10.4. The quantitative estimate of drug-likeness (QED) is 0.482. The molecule has 10 heteroatoms. The van der Waals surface area contributed by atoms with Gasteiger partial charge >= 0.3 is 0 Å². The van der Waals surface area contributed by atoms with Gasteiger partial charge in [-0.3, -0.25) is 9.20 Å². The second-order valence-corrected chi connectivity index (χ2v) is 8.59. The average Bonchev–Trinajstić information content (AvgIpc) is 3.35. The molecule has 5 heterocycles. The van der Waals surface area contributed by atoms with Gasteiger partial charge < -0.3 is 10.2 Å². The number of piperazine rings is 1. The Bertz CT molecular complexity index is 1380. The number of fused-ring (bicyclic) bond motifs is 2. The van der Waals surface area contributed by atoms with Crippen LogP contribution in [0.4, 0.5) is 5.69 Å². The number of hydrogen-bond acceptors (Lipinski definition) is 6. The van der Waals surface area contributed by atoms with Crippen LogP contribution in [0.25, 0.3) is 22.7 Å². The standard InChI is InChI=1S/C22H23N7O.2ClH/c1-14-9-18(26-29-11-15(2)24-21(14)29)17-10-20(30)28-12-16(3-4-19(28)25-17)27-8-7-23-22(13-27)5-6-22;;/h3-4,9-12,23H,5-8,13H2,1-2H3;2*1H. The van der Waals surface area contributed by atoms with E-state index in [-0.39, 0.29) is 35.9 Å². The van der Waals surface area contributed by atoms with E-state index in [0.29, 0.717) is 17.0 Å². The van der Waals surface area contributed by atoms with E-state index < -0.39 is 0 Å². The topological polar surface area (TPSA) is 79.8 Å². The van der Waals surface area contributed by atoms with E-state index in [9.17, 15) is 4.79 Å². The van der Waals surface area contributed by atoms with Crippen molar-refractivity contribution in [2.24, 2.45) is 0 Å². The molecule has 1 aliphatic carbocycles. The molecule has 1 saturated heterocycles. The predicted molar refractivity (Wildman–Crippen MR) is 130 cm³/mol. The molecule has 0 amide bonds. The first kappa shape index (κ1) is 22.5. The number of halogens is 2. The van der Waals surface area contributed by atoms with Crippen LogP contribution in [0.2, 0.25) is 0 Å². The maximum Gasteiger partial charge on any atom is 0.258 e. The van der Waals surface area contributed by atoms with Crippen molar-refractivity contribution in [3.05, 3.63) is 58.3 Å². The van der Waals surface area contributed by atoms with Gasteiger partial charge in [0.1, 0.15) is 11.3 Å². The second kappa shape index (κ2) is 8.03. The highest BCUT2D eigenvalue weighted by Gasteiger charge is 2.45. The summed E-state index contributed by atoms with van der Waals surface area (Å²) in [5, 5.41) is 8.24. The molecule has 6 rings (SSSR count). The van der Waals surface area contributed by atoms with Crippen molar-refractivity contribution in [1.29, 1.82) is 0 Å². The molecule has 0 atom stereocenters. The van der Waals surface area contributed by atoms with Crippen LogP contribution in [0.15, 0.2) is 41.5 Å². The molecular weight excluding hydrogens is 449 g/mol. The Morgan fingerprint density at radius 1 is 1.03 bits per heavy atom. The van der Waals surface area contributed by atoms with Crippen molar-refractivity contribution in [2.45, 2.75) is 32.2 Å². The monoisotopic (exact) mass is 473 g/mol. The molecule has 32 heavy (non-hydrogen) atoms. The van der Waals surface area contributed by atoms with E-state index in [1.54, 1.807) is 15.0 Å². The van der Waals surface area contributed by atoms with E-state index in [0.717, 1.165) is 42.2 Å². The van der Waals surface area contributed by atoms with Gasteiger partial charge in [0.15, 0.2) is 5.65 Å². The number of aromatic nitrogens is 5. The van der Waals surface area contributed by atoms with E-state index in [2.05, 4.69) is 26.4 Å². The zero-order valence-electron chi connectivity index (χ0n) is 17.9. The third kappa shape index (κ3) is 3.72. The lowest BCUT2D eigenvalue weighted by Crippen LogP contribution is -2.52. The zero-order chi connectivity index (χ0) is 20.5. The molecule has 8 nitrogen and oxygen atoms in total. The fourth-order valence-electron chi connectivity index (χ4n) is 4.44. The van der Waals surface area contributed by atoms with Crippen LogP contribution in [0.5, 0.6) is 0 Å². The summed E-state index contributed by atoms with van der Waals surface area (Å²) in [4.78, 5) is 24.5. The summed E-state index contributed by atoms with van der Waals surface area (Å²) in [6.45, 7) is 6.85. The van der Waals surface area contributed by atoms with Gasteiger partial charge in [0.25, 0.3) is 5.56 Å². The molecule has 0 radical (unpaired) electrons. The SMILES string of the molecule is Cc1cn2nc(-c3cc(=O)n4cc(N5CCNC6(CC6)C5)ccc4n3)cc(C)c2n1.Cl.Cl. The van der Waals surface area contributed by atoms with Crippen LogP contribution in [-0.4, -0.2) is 49.2 Å². The summed E-state index contributed by atoms with van der Waals surface area (Å²) in [6.07, 6.45) is 6.26. The van der Waals surface area contributed by atoms with Crippen molar-refractivity contribution in [3.8, 4) is 11.4 Å². The van der Waals surface area contributed by atoms with Crippen LogP contribution in [0.3, 0.4) is 0 Å². The van der Waals surface area contributed by atoms with Crippen LogP contribution >= 0.6 is 24.8 Å². The van der Waals surface area contributed by atoms with Crippen molar-refractivity contribution in [1.82, 2.24) is 29.3 Å². The number of rotatable bonds is 2. The largest absolute Gasteiger partial charge is 0.367 e. The molecule has 1 spiro atoms. The number of hydrogen-bond donors (Lipinski definition) is 1. The first-order chi connectivity index (χ1) is 14.5. The molecule has 2 aliphatic rings. The summed E-state index contributed by atoms with van der Waals surface area (Å²) < 4.78 is 3.39. The fourth-order valence-corrected chi connectivity index (χ4v) is 4.44. The molecule has 168 valence electrons. The molecule has 1 N–H and O–H groups in total. The molecule has 0 unspecified atom stereocenters. The number of anilines is 1. The van der Waals surface area contributed by atoms with Gasteiger partial charge in [0.05, 0.1) is 23.3 Å². The smallest absolute Gasteiger partial charge is 0.258 e. The second-order valence-electron chi connectivity index (χ2n) is 8.59. The normalized spacial score (nSPS) is 16.8. The van der Waals surface area contributed by atoms with E-state index in [1.165, 1.54) is 12.8 Å². The maximum absolute atomic E-state index is 12.9. The van der Waals surface area contributed by atoms with Gasteiger partial charge in [0, 0.05) is 37.4 Å². The highest BCUT2D eigenvalue weighted by atomic mass is 35.5. The summed E-state index contributed by atoms with van der Waals surface area (Å²) in [7, 11) is 0. The Balaban J connectivity index is 0.00000122. The van der Waals surface area contributed by atoms with Crippen LogP contribution in [-0.2, 0) is 0 Å². The van der Waals surface area contributed by atoms with Gasteiger partial charge in [-0.2, -0.15) is 5.10 Å². The Hall–Kier alpha value is -2.68. The number of pyridine rings is 1. The van der Waals surface area contributed by atoms with E-state index in [4.69, 9.17) is 4.98 Å². The number of nitrogens with zero attached hydrogens (tertiary/aromatic N) is 6. The molecule has 1 aliphatic heterocycles. The summed E-state index contributed by atoms with van der Waals surface area (Å²) in [5.41, 5.74) is 5.84. The maximum atomic E-state index is 12.9. The third-order valence-corrected chi connectivity index (χ3v) is 6.23. The minimum atomic E-state index is -0.102. The lowest BCUT2D eigenvalue weighted by atomic mass is 10.1. The van der Waals surface area contributed by atoms with Gasteiger partial charge in [-0.25, -0.2) is 14.5 Å². The molecule has 4 aromatic heterocycles. The first-order valence-corrected chi connectivity index (χ1v) is 10.4. The third-order valence-electron chi connectivity index (χ3n) is 6.23. The summed E-state index contributed by atoms with van der Waals surface area (Å²) in [6, 6.07) is 7.49. The Kier molecular flexibility index (Phi) is 5.65.